The lowest BCUT2D eigenvalue weighted by atomic mass is 10.0. The Balaban J connectivity index is 2.93. The number of rotatable bonds is 7. The quantitative estimate of drug-likeness (QED) is 0.807. The van der Waals surface area contributed by atoms with Gasteiger partial charge in [-0.25, -0.2) is 0 Å². The molecule has 0 aliphatic rings. The average Bonchev–Trinajstić information content (AvgIpc) is 2.43. The molecular weight excluding hydrogens is 272 g/mol. The van der Waals surface area contributed by atoms with Gasteiger partial charge in [-0.15, -0.1) is 0 Å². The summed E-state index contributed by atoms with van der Waals surface area (Å²) in [4.78, 5) is 2.02. The molecule has 0 amide bonds. The normalized spacial score (nSPS) is 13.3. The molecule has 114 valence electrons. The van der Waals surface area contributed by atoms with Crippen LogP contribution in [0.1, 0.15) is 45.7 Å². The van der Waals surface area contributed by atoms with Crippen LogP contribution in [0.25, 0.3) is 0 Å². The van der Waals surface area contributed by atoms with Crippen LogP contribution in [0.5, 0.6) is 0 Å². The zero-order chi connectivity index (χ0) is 15.3. The van der Waals surface area contributed by atoms with Crippen LogP contribution in [0.2, 0.25) is 5.02 Å². The fourth-order valence-electron chi connectivity index (χ4n) is 1.98. The summed E-state index contributed by atoms with van der Waals surface area (Å²) in [7, 11) is 1.95. The zero-order valence-electron chi connectivity index (χ0n) is 13.2. The van der Waals surface area contributed by atoms with E-state index >= 15 is 0 Å². The van der Waals surface area contributed by atoms with Gasteiger partial charge in [-0.3, -0.25) is 0 Å². The Labute approximate surface area is 127 Å². The number of aliphatic hydroxyl groups excluding tert-OH is 1. The highest BCUT2D eigenvalue weighted by Crippen LogP contribution is 2.32. The maximum Gasteiger partial charge on any atom is 0.0658 e. The Bertz CT molecular complexity index is 434. The van der Waals surface area contributed by atoms with E-state index in [1.165, 1.54) is 5.56 Å². The van der Waals surface area contributed by atoms with Crippen LogP contribution in [-0.4, -0.2) is 30.8 Å². The van der Waals surface area contributed by atoms with Crippen molar-refractivity contribution in [3.05, 3.63) is 28.8 Å². The molecule has 1 aromatic carbocycles. The molecule has 1 atom stereocenters. The largest absolute Gasteiger partial charge is 0.394 e. The summed E-state index contributed by atoms with van der Waals surface area (Å²) < 4.78 is 0. The first-order valence-corrected chi connectivity index (χ1v) is 7.58. The molecule has 0 radical (unpaired) electrons. The second-order valence-corrected chi connectivity index (χ2v) is 6.32. The number of nitrogens with zero attached hydrogens (tertiary/aromatic N) is 1. The van der Waals surface area contributed by atoms with Gasteiger partial charge in [-0.05, 0) is 51.4 Å². The van der Waals surface area contributed by atoms with Gasteiger partial charge in [0.05, 0.1) is 22.9 Å². The minimum absolute atomic E-state index is 0.0794. The van der Waals surface area contributed by atoms with Crippen LogP contribution in [0.3, 0.4) is 0 Å². The van der Waals surface area contributed by atoms with E-state index in [-0.39, 0.29) is 18.2 Å². The molecule has 0 fully saturated rings. The highest BCUT2D eigenvalue weighted by atomic mass is 35.5. The van der Waals surface area contributed by atoms with Crippen molar-refractivity contribution in [2.24, 2.45) is 0 Å². The summed E-state index contributed by atoms with van der Waals surface area (Å²) in [5.41, 5.74) is 1.79. The fraction of sp³-hybridized carbons (Fsp3) is 0.625. The van der Waals surface area contributed by atoms with Crippen molar-refractivity contribution in [1.82, 2.24) is 5.32 Å². The van der Waals surface area contributed by atoms with Gasteiger partial charge in [0.2, 0.25) is 0 Å². The number of nitrogens with one attached hydrogen (secondary N) is 1. The van der Waals surface area contributed by atoms with Gasteiger partial charge in [-0.1, -0.05) is 24.6 Å². The zero-order valence-corrected chi connectivity index (χ0v) is 14.0. The number of hydrogen-bond donors (Lipinski definition) is 2. The van der Waals surface area contributed by atoms with Crippen LogP contribution in [0.15, 0.2) is 18.2 Å². The number of hydrogen-bond acceptors (Lipinski definition) is 3. The van der Waals surface area contributed by atoms with E-state index in [1.54, 1.807) is 0 Å². The van der Waals surface area contributed by atoms with E-state index in [2.05, 4.69) is 25.2 Å². The van der Waals surface area contributed by atoms with Gasteiger partial charge in [-0.2, -0.15) is 0 Å². The minimum atomic E-state index is -0.336. The Hall–Kier alpha value is -0.770. The Kier molecular flexibility index (Phi) is 6.31. The van der Waals surface area contributed by atoms with Crippen molar-refractivity contribution >= 4 is 17.3 Å². The molecule has 0 saturated heterocycles. The van der Waals surface area contributed by atoms with E-state index in [4.69, 9.17) is 11.6 Å². The van der Waals surface area contributed by atoms with Gasteiger partial charge in [0, 0.05) is 13.1 Å². The predicted molar refractivity (Wildman–Crippen MR) is 87.7 cm³/mol. The molecule has 0 saturated carbocycles. The second-order valence-electron chi connectivity index (χ2n) is 5.92. The minimum Gasteiger partial charge on any atom is -0.394 e. The summed E-state index contributed by atoms with van der Waals surface area (Å²) >= 11 is 6.41. The molecule has 0 aliphatic carbocycles. The van der Waals surface area contributed by atoms with Crippen LogP contribution >= 0.6 is 11.6 Å². The first-order valence-electron chi connectivity index (χ1n) is 7.21. The predicted octanol–water partition coefficient (Wildman–Crippen LogP) is 3.61. The van der Waals surface area contributed by atoms with Crippen LogP contribution in [0.4, 0.5) is 5.69 Å². The summed E-state index contributed by atoms with van der Waals surface area (Å²) in [6, 6.07) is 6.42. The highest BCUT2D eigenvalue weighted by molar-refractivity contribution is 6.33. The Morgan fingerprint density at radius 3 is 2.55 bits per heavy atom. The first-order chi connectivity index (χ1) is 9.33. The topological polar surface area (TPSA) is 35.5 Å². The Morgan fingerprint density at radius 1 is 1.40 bits per heavy atom. The number of halogens is 1. The SMILES string of the molecule is CCCNC(C)c1ccc(N(C)C(C)(C)CO)c(Cl)c1. The maximum atomic E-state index is 9.46. The molecule has 3 nitrogen and oxygen atoms in total. The Morgan fingerprint density at radius 2 is 2.05 bits per heavy atom. The standard InChI is InChI=1S/C16H27ClN2O/c1-6-9-18-12(2)13-7-8-15(14(17)10-13)19(5)16(3,4)11-20/h7-8,10,12,18,20H,6,9,11H2,1-5H3. The lowest BCUT2D eigenvalue weighted by Gasteiger charge is -2.36. The van der Waals surface area contributed by atoms with Crippen molar-refractivity contribution in [2.45, 2.75) is 45.7 Å². The third kappa shape index (κ3) is 4.11. The summed E-state index contributed by atoms with van der Waals surface area (Å²) in [5, 5.41) is 13.6. The monoisotopic (exact) mass is 298 g/mol. The van der Waals surface area contributed by atoms with Crippen molar-refractivity contribution < 1.29 is 5.11 Å². The molecular formula is C16H27ClN2O. The van der Waals surface area contributed by atoms with Gasteiger partial charge in [0.15, 0.2) is 0 Å². The second kappa shape index (κ2) is 7.30. The van der Waals surface area contributed by atoms with Crippen LogP contribution in [-0.2, 0) is 0 Å². The number of likely N-dealkylation sites (N-methyl/N-ethyl adjacent to an activating group) is 1. The van der Waals surface area contributed by atoms with E-state index in [1.807, 2.05) is 37.9 Å². The van der Waals surface area contributed by atoms with Gasteiger partial charge in [0.1, 0.15) is 0 Å². The number of aliphatic hydroxyl groups is 1. The molecule has 0 heterocycles. The van der Waals surface area contributed by atoms with Gasteiger partial charge >= 0.3 is 0 Å². The van der Waals surface area contributed by atoms with E-state index in [9.17, 15) is 5.11 Å². The van der Waals surface area contributed by atoms with Crippen molar-refractivity contribution in [3.63, 3.8) is 0 Å². The van der Waals surface area contributed by atoms with E-state index in [0.29, 0.717) is 0 Å². The molecule has 2 N–H and O–H groups in total. The smallest absolute Gasteiger partial charge is 0.0658 e. The third-order valence-corrected chi connectivity index (χ3v) is 4.13. The van der Waals surface area contributed by atoms with Crippen molar-refractivity contribution in [2.75, 3.05) is 25.1 Å². The maximum absolute atomic E-state index is 9.46. The molecule has 0 bridgehead atoms. The fourth-order valence-corrected chi connectivity index (χ4v) is 2.29. The molecule has 0 aliphatic heterocycles. The first kappa shape index (κ1) is 17.3. The molecule has 1 aromatic rings. The van der Waals surface area contributed by atoms with Gasteiger partial charge < -0.3 is 15.3 Å². The van der Waals surface area contributed by atoms with E-state index in [0.717, 1.165) is 23.7 Å². The van der Waals surface area contributed by atoms with Gasteiger partial charge in [0.25, 0.3) is 0 Å². The van der Waals surface area contributed by atoms with Crippen molar-refractivity contribution in [3.8, 4) is 0 Å². The van der Waals surface area contributed by atoms with Crippen LogP contribution in [0, 0.1) is 0 Å². The van der Waals surface area contributed by atoms with E-state index < -0.39 is 0 Å². The van der Waals surface area contributed by atoms with Crippen LogP contribution < -0.4 is 10.2 Å². The lowest BCUT2D eigenvalue weighted by molar-refractivity contribution is 0.216. The highest BCUT2D eigenvalue weighted by Gasteiger charge is 2.24. The summed E-state index contributed by atoms with van der Waals surface area (Å²) in [6.07, 6.45) is 1.11. The molecule has 0 aromatic heterocycles. The summed E-state index contributed by atoms with van der Waals surface area (Å²) in [5.74, 6) is 0. The molecule has 0 spiro atoms. The van der Waals surface area contributed by atoms with Crippen molar-refractivity contribution in [1.29, 1.82) is 0 Å². The lowest BCUT2D eigenvalue weighted by Crippen LogP contribution is -2.44. The third-order valence-electron chi connectivity index (χ3n) is 3.83. The molecule has 1 unspecified atom stereocenters. The average molecular weight is 299 g/mol. The summed E-state index contributed by atoms with van der Waals surface area (Å²) in [6.45, 7) is 9.35. The number of benzene rings is 1. The number of anilines is 1. The molecule has 20 heavy (non-hydrogen) atoms. The molecule has 1 rings (SSSR count). The molecule has 4 heteroatoms.